The zero-order chi connectivity index (χ0) is 24.8. The van der Waals surface area contributed by atoms with Crippen molar-refractivity contribution in [1.29, 1.82) is 0 Å². The van der Waals surface area contributed by atoms with Gasteiger partial charge in [-0.1, -0.05) is 48.0 Å². The number of hydrogen-bond acceptors (Lipinski definition) is 4. The minimum atomic E-state index is -0.0209. The van der Waals surface area contributed by atoms with Crippen LogP contribution in [0.4, 0.5) is 0 Å². The van der Waals surface area contributed by atoms with Gasteiger partial charge in [-0.15, -0.1) is 0 Å². The Labute approximate surface area is 209 Å². The fraction of sp³-hybridized carbons (Fsp3) is 0.367. The number of carbonyl (C=O) groups excluding carboxylic acids is 1. The number of piperidine rings is 1. The molecule has 1 amide bonds. The predicted octanol–water partition coefficient (Wildman–Crippen LogP) is 5.63. The molecule has 3 aromatic rings. The quantitative estimate of drug-likeness (QED) is 0.462. The van der Waals surface area contributed by atoms with Crippen molar-refractivity contribution < 1.29 is 14.3 Å². The molecule has 184 valence electrons. The second kappa shape index (κ2) is 11.4. The van der Waals surface area contributed by atoms with Crippen LogP contribution in [0.2, 0.25) is 0 Å². The van der Waals surface area contributed by atoms with Crippen LogP contribution in [0.3, 0.4) is 0 Å². The van der Waals surface area contributed by atoms with E-state index in [4.69, 9.17) is 9.47 Å². The summed E-state index contributed by atoms with van der Waals surface area (Å²) in [6.45, 7) is 7.57. The molecule has 0 atom stereocenters. The molecule has 0 radical (unpaired) electrons. The second-order valence-electron chi connectivity index (χ2n) is 9.47. The number of likely N-dealkylation sites (tertiary alicyclic amines) is 1. The molecule has 4 rings (SSSR count). The highest BCUT2D eigenvalue weighted by Crippen LogP contribution is 2.31. The van der Waals surface area contributed by atoms with Crippen LogP contribution in [0.25, 0.3) is 0 Å². The van der Waals surface area contributed by atoms with Crippen molar-refractivity contribution in [1.82, 2.24) is 10.2 Å². The Morgan fingerprint density at radius 1 is 0.943 bits per heavy atom. The minimum absolute atomic E-state index is 0.0209. The number of rotatable bonds is 8. The number of nitrogens with one attached hydrogen (secondary N) is 1. The molecule has 5 heteroatoms. The normalized spacial score (nSPS) is 14.5. The van der Waals surface area contributed by atoms with Crippen molar-refractivity contribution in [2.45, 2.75) is 45.7 Å². The summed E-state index contributed by atoms with van der Waals surface area (Å²) in [5.41, 5.74) is 6.62. The maximum atomic E-state index is 12.6. The number of benzene rings is 3. The van der Waals surface area contributed by atoms with Gasteiger partial charge in [-0.3, -0.25) is 9.69 Å². The number of ether oxygens (including phenoxy) is 2. The third-order valence-corrected chi connectivity index (χ3v) is 7.01. The van der Waals surface area contributed by atoms with Crippen molar-refractivity contribution in [3.63, 3.8) is 0 Å². The molecule has 0 saturated carbocycles. The first-order valence-corrected chi connectivity index (χ1v) is 12.3. The predicted molar refractivity (Wildman–Crippen MR) is 140 cm³/mol. The van der Waals surface area contributed by atoms with Gasteiger partial charge in [0.1, 0.15) is 11.5 Å². The van der Waals surface area contributed by atoms with Crippen LogP contribution in [0, 0.1) is 13.8 Å². The molecule has 0 unspecified atom stereocenters. The monoisotopic (exact) mass is 472 g/mol. The topological polar surface area (TPSA) is 50.8 Å². The summed E-state index contributed by atoms with van der Waals surface area (Å²) in [5.74, 6) is 2.25. The van der Waals surface area contributed by atoms with E-state index in [9.17, 15) is 4.79 Å². The number of amides is 1. The number of nitrogens with zero attached hydrogens (tertiary/aromatic N) is 1. The zero-order valence-electron chi connectivity index (χ0n) is 21.3. The molecule has 0 aromatic heterocycles. The van der Waals surface area contributed by atoms with Gasteiger partial charge in [-0.05, 0) is 74.5 Å². The second-order valence-corrected chi connectivity index (χ2v) is 9.47. The fourth-order valence-electron chi connectivity index (χ4n) is 4.90. The lowest BCUT2D eigenvalue weighted by Crippen LogP contribution is -2.32. The molecule has 1 saturated heterocycles. The standard InChI is InChI=1S/C30H36N2O3/c1-21-5-12-28(22(2)17-21)30(33)31-19-23-6-8-24(9-7-23)25-13-15-32(16-14-25)20-26-10-11-27(34-3)18-29(26)35-4/h5-12,17-18,25H,13-16,19-20H2,1-4H3,(H,31,33). The third kappa shape index (κ3) is 6.23. The van der Waals surface area contributed by atoms with Gasteiger partial charge in [0.2, 0.25) is 0 Å². The van der Waals surface area contributed by atoms with E-state index in [2.05, 4.69) is 40.5 Å². The summed E-state index contributed by atoms with van der Waals surface area (Å²) in [5, 5.41) is 3.06. The molecule has 1 N–H and O–H groups in total. The van der Waals surface area contributed by atoms with E-state index in [0.717, 1.165) is 60.7 Å². The fourth-order valence-corrected chi connectivity index (χ4v) is 4.90. The zero-order valence-corrected chi connectivity index (χ0v) is 21.3. The van der Waals surface area contributed by atoms with Crippen LogP contribution in [0.5, 0.6) is 11.5 Å². The van der Waals surface area contributed by atoms with Gasteiger partial charge >= 0.3 is 0 Å². The summed E-state index contributed by atoms with van der Waals surface area (Å²) >= 11 is 0. The molecular weight excluding hydrogens is 436 g/mol. The van der Waals surface area contributed by atoms with E-state index in [0.29, 0.717) is 12.5 Å². The van der Waals surface area contributed by atoms with Gasteiger partial charge in [-0.2, -0.15) is 0 Å². The van der Waals surface area contributed by atoms with E-state index in [1.165, 1.54) is 16.7 Å². The lowest BCUT2D eigenvalue weighted by atomic mass is 9.89. The van der Waals surface area contributed by atoms with Crippen molar-refractivity contribution in [2.75, 3.05) is 27.3 Å². The molecule has 0 bridgehead atoms. The number of hydrogen-bond donors (Lipinski definition) is 1. The summed E-state index contributed by atoms with van der Waals surface area (Å²) in [6, 6.07) is 20.7. The molecule has 1 fully saturated rings. The Morgan fingerprint density at radius 3 is 2.34 bits per heavy atom. The first kappa shape index (κ1) is 24.8. The maximum absolute atomic E-state index is 12.6. The smallest absolute Gasteiger partial charge is 0.251 e. The maximum Gasteiger partial charge on any atom is 0.251 e. The SMILES string of the molecule is COc1ccc(CN2CCC(c3ccc(CNC(=O)c4ccc(C)cc4C)cc3)CC2)c(OC)c1. The molecule has 5 nitrogen and oxygen atoms in total. The highest BCUT2D eigenvalue weighted by Gasteiger charge is 2.21. The first-order chi connectivity index (χ1) is 17.0. The first-order valence-electron chi connectivity index (χ1n) is 12.3. The van der Waals surface area contributed by atoms with E-state index in [-0.39, 0.29) is 5.91 Å². The van der Waals surface area contributed by atoms with Crippen LogP contribution < -0.4 is 14.8 Å². The van der Waals surface area contributed by atoms with Gasteiger partial charge in [-0.25, -0.2) is 0 Å². The molecule has 0 aliphatic carbocycles. The van der Waals surface area contributed by atoms with E-state index >= 15 is 0 Å². The van der Waals surface area contributed by atoms with Crippen molar-refractivity contribution in [2.24, 2.45) is 0 Å². The van der Waals surface area contributed by atoms with Gasteiger partial charge in [0.25, 0.3) is 5.91 Å². The van der Waals surface area contributed by atoms with Crippen LogP contribution in [-0.2, 0) is 13.1 Å². The number of methoxy groups -OCH3 is 2. The summed E-state index contributed by atoms with van der Waals surface area (Å²) in [6.07, 6.45) is 2.28. The lowest BCUT2D eigenvalue weighted by Gasteiger charge is -2.32. The largest absolute Gasteiger partial charge is 0.497 e. The van der Waals surface area contributed by atoms with Crippen LogP contribution in [0.15, 0.2) is 60.7 Å². The van der Waals surface area contributed by atoms with Gasteiger partial charge < -0.3 is 14.8 Å². The highest BCUT2D eigenvalue weighted by atomic mass is 16.5. The molecule has 35 heavy (non-hydrogen) atoms. The third-order valence-electron chi connectivity index (χ3n) is 7.01. The molecule has 1 heterocycles. The Bertz CT molecular complexity index is 1150. The van der Waals surface area contributed by atoms with E-state index < -0.39 is 0 Å². The van der Waals surface area contributed by atoms with E-state index in [1.807, 2.05) is 44.2 Å². The molecule has 3 aromatic carbocycles. The molecule has 1 aliphatic heterocycles. The number of carbonyl (C=O) groups is 1. The Kier molecular flexibility index (Phi) is 8.09. The number of aryl methyl sites for hydroxylation is 2. The van der Waals surface area contributed by atoms with Gasteiger partial charge in [0, 0.05) is 30.3 Å². The van der Waals surface area contributed by atoms with Crippen molar-refractivity contribution in [3.8, 4) is 11.5 Å². The average molecular weight is 473 g/mol. The molecule has 1 aliphatic rings. The summed E-state index contributed by atoms with van der Waals surface area (Å²) in [4.78, 5) is 15.1. The lowest BCUT2D eigenvalue weighted by molar-refractivity contribution is 0.0950. The summed E-state index contributed by atoms with van der Waals surface area (Å²) in [7, 11) is 3.39. The van der Waals surface area contributed by atoms with Crippen molar-refractivity contribution in [3.05, 3.63) is 94.0 Å². The minimum Gasteiger partial charge on any atom is -0.497 e. The van der Waals surface area contributed by atoms with Gasteiger partial charge in [0.05, 0.1) is 14.2 Å². The molecule has 0 spiro atoms. The Hall–Kier alpha value is -3.31. The highest BCUT2D eigenvalue weighted by molar-refractivity contribution is 5.95. The van der Waals surface area contributed by atoms with Crippen LogP contribution in [0.1, 0.15) is 56.9 Å². The van der Waals surface area contributed by atoms with Crippen molar-refractivity contribution >= 4 is 5.91 Å². The summed E-state index contributed by atoms with van der Waals surface area (Å²) < 4.78 is 10.9. The Balaban J connectivity index is 1.28. The van der Waals surface area contributed by atoms with Crippen LogP contribution >= 0.6 is 0 Å². The molecular formula is C30H36N2O3. The van der Waals surface area contributed by atoms with Gasteiger partial charge in [0.15, 0.2) is 0 Å². The average Bonchev–Trinajstić information content (AvgIpc) is 2.88. The van der Waals surface area contributed by atoms with E-state index in [1.54, 1.807) is 14.2 Å². The van der Waals surface area contributed by atoms with Crippen LogP contribution in [-0.4, -0.2) is 38.1 Å². The Morgan fingerprint density at radius 2 is 1.69 bits per heavy atom.